The molecular weight excluding hydrogens is 398 g/mol. The second-order valence-corrected chi connectivity index (χ2v) is 7.89. The molecule has 1 unspecified atom stereocenters. The van der Waals surface area contributed by atoms with Gasteiger partial charge in [-0.3, -0.25) is 4.79 Å². The van der Waals surface area contributed by atoms with Gasteiger partial charge in [-0.2, -0.15) is 0 Å². The molecule has 2 aromatic heterocycles. The van der Waals surface area contributed by atoms with Crippen molar-refractivity contribution in [3.8, 4) is 11.5 Å². The summed E-state index contributed by atoms with van der Waals surface area (Å²) in [5, 5.41) is 4.84. The van der Waals surface area contributed by atoms with Crippen molar-refractivity contribution in [2.45, 2.75) is 6.04 Å². The van der Waals surface area contributed by atoms with E-state index in [2.05, 4.69) is 46.1 Å². The van der Waals surface area contributed by atoms with Crippen LogP contribution in [-0.4, -0.2) is 21.7 Å². The summed E-state index contributed by atoms with van der Waals surface area (Å²) in [6.07, 6.45) is 4.17. The molecular formula is C26H21N5O. The zero-order valence-corrected chi connectivity index (χ0v) is 17.5. The average molecular weight is 419 g/mol. The molecule has 0 saturated heterocycles. The minimum Gasteiger partial charge on any atom is -0.388 e. The summed E-state index contributed by atoms with van der Waals surface area (Å²) in [4.78, 5) is 21.6. The second kappa shape index (κ2) is 7.13. The van der Waals surface area contributed by atoms with Gasteiger partial charge in [0.15, 0.2) is 5.82 Å². The highest BCUT2D eigenvalue weighted by molar-refractivity contribution is 5.92. The quantitative estimate of drug-likeness (QED) is 0.389. The lowest BCUT2D eigenvalue weighted by molar-refractivity contribution is 0.726. The lowest BCUT2D eigenvalue weighted by Crippen LogP contribution is -2.36. The van der Waals surface area contributed by atoms with Crippen LogP contribution in [0.5, 0.6) is 0 Å². The van der Waals surface area contributed by atoms with Crippen LogP contribution in [0, 0.1) is 0 Å². The summed E-state index contributed by atoms with van der Waals surface area (Å²) in [7, 11) is 1.91. The number of benzene rings is 3. The Morgan fingerprint density at radius 3 is 2.53 bits per heavy atom. The molecule has 1 atom stereocenters. The number of nitrogens with one attached hydrogen (secondary N) is 3. The molecule has 5 aromatic rings. The van der Waals surface area contributed by atoms with Crippen LogP contribution in [0.3, 0.4) is 0 Å². The first kappa shape index (κ1) is 18.4. The van der Waals surface area contributed by atoms with Gasteiger partial charge in [-0.15, -0.1) is 0 Å². The van der Waals surface area contributed by atoms with Crippen molar-refractivity contribution in [1.29, 1.82) is 0 Å². The summed E-state index contributed by atoms with van der Waals surface area (Å²) in [6, 6.07) is 23.7. The Bertz CT molecular complexity index is 1560. The zero-order valence-electron chi connectivity index (χ0n) is 17.5. The maximum atomic E-state index is 13.3. The van der Waals surface area contributed by atoms with Gasteiger partial charge in [0.2, 0.25) is 0 Å². The molecule has 6 rings (SSSR count). The van der Waals surface area contributed by atoms with E-state index in [1.165, 1.54) is 0 Å². The number of para-hydroxylation sites is 2. The van der Waals surface area contributed by atoms with E-state index in [0.29, 0.717) is 16.7 Å². The predicted octanol–water partition coefficient (Wildman–Crippen LogP) is 4.90. The van der Waals surface area contributed by atoms with Gasteiger partial charge >= 0.3 is 0 Å². The van der Waals surface area contributed by atoms with Gasteiger partial charge in [-0.25, -0.2) is 9.66 Å². The Hall–Kier alpha value is -4.32. The van der Waals surface area contributed by atoms with Crippen LogP contribution in [0.25, 0.3) is 39.4 Å². The Labute approximate surface area is 184 Å². The Morgan fingerprint density at radius 1 is 0.969 bits per heavy atom. The van der Waals surface area contributed by atoms with Crippen molar-refractivity contribution in [3.05, 3.63) is 100 Å². The summed E-state index contributed by atoms with van der Waals surface area (Å²) >= 11 is 0. The standard InChI is InChI=1S/C26H21N5O/c1-27-17-13-10-16(11-14-17)12-15-22-23-18-6-2-4-8-20(18)28-24(23)25-29-21-9-5-3-7-19(21)26(32)31(25)30-22/h2-15,22,27-28,30H,1H3/b15-12+. The van der Waals surface area contributed by atoms with Gasteiger partial charge in [0, 0.05) is 29.2 Å². The fourth-order valence-corrected chi connectivity index (χ4v) is 4.39. The molecule has 0 radical (unpaired) electrons. The Kier molecular flexibility index (Phi) is 4.11. The normalized spacial score (nSPS) is 15.0. The van der Waals surface area contributed by atoms with Crippen LogP contribution >= 0.6 is 0 Å². The topological polar surface area (TPSA) is 74.7 Å². The Morgan fingerprint density at radius 2 is 1.72 bits per heavy atom. The number of rotatable bonds is 3. The number of nitrogens with zero attached hydrogens (tertiary/aromatic N) is 2. The SMILES string of the molecule is CNc1ccc(/C=C/C2Nn3c(nc4ccccc4c3=O)-c3[nH]c4ccccc4c32)cc1. The molecule has 3 aromatic carbocycles. The fourth-order valence-electron chi connectivity index (χ4n) is 4.39. The van der Waals surface area contributed by atoms with E-state index in [4.69, 9.17) is 4.98 Å². The first-order valence-corrected chi connectivity index (χ1v) is 10.6. The number of hydrogen-bond acceptors (Lipinski definition) is 4. The zero-order chi connectivity index (χ0) is 21.7. The van der Waals surface area contributed by atoms with Crippen molar-refractivity contribution in [2.75, 3.05) is 17.8 Å². The van der Waals surface area contributed by atoms with Gasteiger partial charge in [0.25, 0.3) is 5.56 Å². The van der Waals surface area contributed by atoms with Gasteiger partial charge in [-0.05, 0) is 35.9 Å². The maximum Gasteiger partial charge on any atom is 0.280 e. The van der Waals surface area contributed by atoms with Crippen LogP contribution in [0.1, 0.15) is 17.2 Å². The highest BCUT2D eigenvalue weighted by Crippen LogP contribution is 2.38. The van der Waals surface area contributed by atoms with Crippen molar-refractivity contribution >= 4 is 33.6 Å². The summed E-state index contributed by atoms with van der Waals surface area (Å²) < 4.78 is 1.57. The minimum atomic E-state index is -0.196. The molecule has 3 N–H and O–H groups in total. The fraction of sp³-hybridized carbons (Fsp3) is 0.0769. The molecule has 0 amide bonds. The molecule has 0 spiro atoms. The van der Waals surface area contributed by atoms with Gasteiger partial charge in [0.05, 0.1) is 22.6 Å². The summed E-state index contributed by atoms with van der Waals surface area (Å²) in [5.74, 6) is 0.600. The number of aromatic nitrogens is 3. The summed E-state index contributed by atoms with van der Waals surface area (Å²) in [6.45, 7) is 0. The molecule has 32 heavy (non-hydrogen) atoms. The molecule has 156 valence electrons. The molecule has 0 fully saturated rings. The molecule has 6 heteroatoms. The number of aromatic amines is 1. The number of anilines is 1. The average Bonchev–Trinajstić information content (AvgIpc) is 3.24. The predicted molar refractivity (Wildman–Crippen MR) is 130 cm³/mol. The van der Waals surface area contributed by atoms with E-state index in [1.54, 1.807) is 4.68 Å². The second-order valence-electron chi connectivity index (χ2n) is 7.89. The van der Waals surface area contributed by atoms with Crippen LogP contribution in [0.4, 0.5) is 5.69 Å². The van der Waals surface area contributed by atoms with Gasteiger partial charge in [-0.1, -0.05) is 54.6 Å². The monoisotopic (exact) mass is 419 g/mol. The van der Waals surface area contributed by atoms with Crippen molar-refractivity contribution in [2.24, 2.45) is 0 Å². The lowest BCUT2D eigenvalue weighted by atomic mass is 9.99. The van der Waals surface area contributed by atoms with E-state index in [1.807, 2.05) is 61.6 Å². The molecule has 1 aliphatic rings. The van der Waals surface area contributed by atoms with Gasteiger partial charge < -0.3 is 15.7 Å². The highest BCUT2D eigenvalue weighted by Gasteiger charge is 2.29. The van der Waals surface area contributed by atoms with E-state index in [0.717, 1.165) is 33.4 Å². The number of H-pyrrole nitrogens is 1. The molecule has 6 nitrogen and oxygen atoms in total. The van der Waals surface area contributed by atoms with Crippen LogP contribution in [0.2, 0.25) is 0 Å². The smallest absolute Gasteiger partial charge is 0.280 e. The third-order valence-electron chi connectivity index (χ3n) is 6.01. The van der Waals surface area contributed by atoms with Gasteiger partial charge in [0.1, 0.15) is 0 Å². The number of hydrogen-bond donors (Lipinski definition) is 3. The van der Waals surface area contributed by atoms with Crippen LogP contribution in [0.15, 0.2) is 83.7 Å². The molecule has 0 saturated carbocycles. The Balaban J connectivity index is 1.55. The largest absolute Gasteiger partial charge is 0.388 e. The number of fused-ring (bicyclic) bond motifs is 6. The first-order valence-electron chi connectivity index (χ1n) is 10.6. The van der Waals surface area contributed by atoms with Crippen molar-refractivity contribution < 1.29 is 0 Å². The van der Waals surface area contributed by atoms with E-state index in [-0.39, 0.29) is 11.6 Å². The summed E-state index contributed by atoms with van der Waals surface area (Å²) in [5.41, 5.74) is 9.12. The third kappa shape index (κ3) is 2.80. The molecule has 0 bridgehead atoms. The van der Waals surface area contributed by atoms with Crippen LogP contribution in [-0.2, 0) is 0 Å². The first-order chi connectivity index (χ1) is 15.7. The van der Waals surface area contributed by atoms with E-state index < -0.39 is 0 Å². The van der Waals surface area contributed by atoms with Crippen LogP contribution < -0.4 is 16.3 Å². The third-order valence-corrected chi connectivity index (χ3v) is 6.01. The van der Waals surface area contributed by atoms with E-state index in [9.17, 15) is 4.79 Å². The molecule has 3 heterocycles. The molecule has 0 aliphatic carbocycles. The van der Waals surface area contributed by atoms with E-state index >= 15 is 0 Å². The van der Waals surface area contributed by atoms with Crippen molar-refractivity contribution in [3.63, 3.8) is 0 Å². The lowest BCUT2D eigenvalue weighted by Gasteiger charge is -2.26. The van der Waals surface area contributed by atoms with Crippen molar-refractivity contribution in [1.82, 2.24) is 14.6 Å². The molecule has 1 aliphatic heterocycles. The minimum absolute atomic E-state index is 0.105. The highest BCUT2D eigenvalue weighted by atomic mass is 16.1. The maximum absolute atomic E-state index is 13.3.